The Morgan fingerprint density at radius 2 is 2.15 bits per heavy atom. The van der Waals surface area contributed by atoms with Crippen molar-refractivity contribution in [1.82, 2.24) is 15.3 Å². The van der Waals surface area contributed by atoms with Gasteiger partial charge in [0.25, 0.3) is 0 Å². The van der Waals surface area contributed by atoms with Crippen LogP contribution in [0.5, 0.6) is 5.75 Å². The van der Waals surface area contributed by atoms with Gasteiger partial charge in [-0.3, -0.25) is 4.98 Å². The van der Waals surface area contributed by atoms with Crippen molar-refractivity contribution in [1.29, 1.82) is 0 Å². The number of halogens is 1. The highest BCUT2D eigenvalue weighted by Crippen LogP contribution is 2.18. The van der Waals surface area contributed by atoms with E-state index in [0.29, 0.717) is 6.61 Å². The molecule has 0 spiro atoms. The lowest BCUT2D eigenvalue weighted by Crippen LogP contribution is -2.35. The zero-order valence-electron chi connectivity index (χ0n) is 11.8. The third-order valence-corrected chi connectivity index (χ3v) is 3.77. The molecule has 0 saturated carbocycles. The lowest BCUT2D eigenvalue weighted by Gasteiger charge is -2.19. The first-order valence-electron chi connectivity index (χ1n) is 6.34. The predicted molar refractivity (Wildman–Crippen MR) is 85.0 cm³/mol. The summed E-state index contributed by atoms with van der Waals surface area (Å²) in [6.07, 6.45) is 3.42. The number of pyridine rings is 1. The summed E-state index contributed by atoms with van der Waals surface area (Å²) in [5, 5.41) is 6.53. The van der Waals surface area contributed by atoms with Crippen molar-refractivity contribution in [3.8, 4) is 5.75 Å². The molecule has 0 bridgehead atoms. The van der Waals surface area contributed by atoms with E-state index < -0.39 is 0 Å². The van der Waals surface area contributed by atoms with Gasteiger partial charge < -0.3 is 10.1 Å². The molecule has 0 saturated heterocycles. The molecule has 0 amide bonds. The lowest BCUT2D eigenvalue weighted by molar-refractivity contribution is 0.300. The summed E-state index contributed by atoms with van der Waals surface area (Å²) in [7, 11) is 0. The Balaban J connectivity index is 1.87. The molecule has 108 valence electrons. The van der Waals surface area contributed by atoms with Crippen LogP contribution in [0.15, 0.2) is 28.3 Å². The van der Waals surface area contributed by atoms with Gasteiger partial charge in [0.1, 0.15) is 17.4 Å². The number of thiazole rings is 1. The molecule has 20 heavy (non-hydrogen) atoms. The molecular formula is C14H18BrN3OS. The van der Waals surface area contributed by atoms with Gasteiger partial charge in [0.15, 0.2) is 0 Å². The highest BCUT2D eigenvalue weighted by atomic mass is 79.9. The van der Waals surface area contributed by atoms with Gasteiger partial charge in [-0.05, 0) is 42.8 Å². The molecular weight excluding hydrogens is 338 g/mol. The van der Waals surface area contributed by atoms with Crippen molar-refractivity contribution < 1.29 is 4.74 Å². The molecule has 0 fully saturated rings. The van der Waals surface area contributed by atoms with E-state index in [0.717, 1.165) is 27.5 Å². The van der Waals surface area contributed by atoms with Gasteiger partial charge in [-0.25, -0.2) is 4.98 Å². The number of aromatic nitrogens is 2. The van der Waals surface area contributed by atoms with Gasteiger partial charge in [0.2, 0.25) is 0 Å². The topological polar surface area (TPSA) is 47.0 Å². The minimum atomic E-state index is 0.102. The predicted octanol–water partition coefficient (Wildman–Crippen LogP) is 3.77. The van der Waals surface area contributed by atoms with Crippen LogP contribution in [0.4, 0.5) is 0 Å². The summed E-state index contributed by atoms with van der Waals surface area (Å²) in [6.45, 7) is 7.68. The molecule has 0 atom stereocenters. The van der Waals surface area contributed by atoms with Crippen LogP contribution in [0.1, 0.15) is 31.5 Å². The van der Waals surface area contributed by atoms with Crippen LogP contribution < -0.4 is 10.1 Å². The lowest BCUT2D eigenvalue weighted by atomic mass is 10.1. The van der Waals surface area contributed by atoms with Gasteiger partial charge in [-0.1, -0.05) is 0 Å². The molecule has 0 aromatic carbocycles. The maximum Gasteiger partial charge on any atom is 0.139 e. The van der Waals surface area contributed by atoms with E-state index in [1.165, 1.54) is 0 Å². The highest BCUT2D eigenvalue weighted by Gasteiger charge is 2.10. The van der Waals surface area contributed by atoms with Crippen LogP contribution in [0, 0.1) is 0 Å². The molecule has 0 unspecified atom stereocenters. The molecule has 0 aliphatic rings. The SMILES string of the molecule is CC(C)(C)NCc1nc(COc2cncc(Br)c2)cs1. The van der Waals surface area contributed by atoms with Crippen molar-refractivity contribution in [3.63, 3.8) is 0 Å². The van der Waals surface area contributed by atoms with E-state index >= 15 is 0 Å². The minimum absolute atomic E-state index is 0.102. The van der Waals surface area contributed by atoms with E-state index in [2.05, 4.69) is 52.0 Å². The van der Waals surface area contributed by atoms with E-state index in [9.17, 15) is 0 Å². The summed E-state index contributed by atoms with van der Waals surface area (Å²) >= 11 is 5.02. The van der Waals surface area contributed by atoms with Gasteiger partial charge in [0.05, 0.1) is 11.9 Å². The first kappa shape index (κ1) is 15.4. The fourth-order valence-corrected chi connectivity index (χ4v) is 2.53. The monoisotopic (exact) mass is 355 g/mol. The normalized spacial score (nSPS) is 11.6. The molecule has 1 N–H and O–H groups in total. The minimum Gasteiger partial charge on any atom is -0.486 e. The Hall–Kier alpha value is -0.980. The Morgan fingerprint density at radius 1 is 1.35 bits per heavy atom. The van der Waals surface area contributed by atoms with E-state index in [1.54, 1.807) is 23.7 Å². The zero-order valence-corrected chi connectivity index (χ0v) is 14.2. The molecule has 2 heterocycles. The van der Waals surface area contributed by atoms with E-state index in [4.69, 9.17) is 4.74 Å². The summed E-state index contributed by atoms with van der Waals surface area (Å²) in [4.78, 5) is 8.61. The number of nitrogens with zero attached hydrogens (tertiary/aromatic N) is 2. The second kappa shape index (κ2) is 6.65. The van der Waals surface area contributed by atoms with Crippen molar-refractivity contribution in [2.24, 2.45) is 0 Å². The summed E-state index contributed by atoms with van der Waals surface area (Å²) in [5.74, 6) is 0.738. The second-order valence-electron chi connectivity index (χ2n) is 5.46. The summed E-state index contributed by atoms with van der Waals surface area (Å²) in [5.41, 5.74) is 1.05. The number of hydrogen-bond donors (Lipinski definition) is 1. The average Bonchev–Trinajstić information content (AvgIpc) is 2.81. The van der Waals surface area contributed by atoms with Gasteiger partial charge >= 0.3 is 0 Å². The van der Waals surface area contributed by atoms with Crippen LogP contribution in [-0.4, -0.2) is 15.5 Å². The maximum atomic E-state index is 5.66. The van der Waals surface area contributed by atoms with Crippen LogP contribution in [0.2, 0.25) is 0 Å². The largest absolute Gasteiger partial charge is 0.486 e. The number of ether oxygens (including phenoxy) is 1. The summed E-state index contributed by atoms with van der Waals surface area (Å²) < 4.78 is 6.57. The number of hydrogen-bond acceptors (Lipinski definition) is 5. The van der Waals surface area contributed by atoms with Crippen LogP contribution in [0.3, 0.4) is 0 Å². The molecule has 6 heteroatoms. The van der Waals surface area contributed by atoms with Crippen molar-refractivity contribution >= 4 is 27.3 Å². The standard InChI is InChI=1S/C14H18BrN3OS/c1-14(2,3)17-7-13-18-11(9-20-13)8-19-12-4-10(15)5-16-6-12/h4-6,9,17H,7-8H2,1-3H3. The Labute approximate surface area is 131 Å². The Morgan fingerprint density at radius 3 is 2.85 bits per heavy atom. The molecule has 2 aromatic heterocycles. The fraction of sp³-hybridized carbons (Fsp3) is 0.429. The molecule has 4 nitrogen and oxygen atoms in total. The van der Waals surface area contributed by atoms with Gasteiger partial charge in [-0.15, -0.1) is 11.3 Å². The molecule has 0 aliphatic carbocycles. The van der Waals surface area contributed by atoms with Crippen molar-refractivity contribution in [2.75, 3.05) is 0 Å². The first-order valence-corrected chi connectivity index (χ1v) is 8.01. The average molecular weight is 356 g/mol. The Kier molecular flexibility index (Phi) is 5.12. The van der Waals surface area contributed by atoms with Crippen molar-refractivity contribution in [2.45, 2.75) is 39.5 Å². The zero-order chi connectivity index (χ0) is 14.6. The van der Waals surface area contributed by atoms with Crippen LogP contribution in [-0.2, 0) is 13.2 Å². The van der Waals surface area contributed by atoms with Crippen molar-refractivity contribution in [3.05, 3.63) is 39.0 Å². The molecule has 0 radical (unpaired) electrons. The quantitative estimate of drug-likeness (QED) is 0.886. The van der Waals surface area contributed by atoms with Gasteiger partial charge in [0, 0.05) is 28.1 Å². The molecule has 2 rings (SSSR count). The number of nitrogens with one attached hydrogen (secondary N) is 1. The molecule has 2 aromatic rings. The Bertz CT molecular complexity index is 566. The van der Waals surface area contributed by atoms with Gasteiger partial charge in [-0.2, -0.15) is 0 Å². The maximum absolute atomic E-state index is 5.66. The first-order chi connectivity index (χ1) is 9.42. The third kappa shape index (κ3) is 5.19. The smallest absolute Gasteiger partial charge is 0.139 e. The third-order valence-electron chi connectivity index (χ3n) is 2.44. The highest BCUT2D eigenvalue weighted by molar-refractivity contribution is 9.10. The number of rotatable bonds is 5. The van der Waals surface area contributed by atoms with E-state index in [1.807, 2.05) is 11.4 Å². The van der Waals surface area contributed by atoms with E-state index in [-0.39, 0.29) is 5.54 Å². The molecule has 0 aliphatic heterocycles. The second-order valence-corrected chi connectivity index (χ2v) is 7.32. The van der Waals surface area contributed by atoms with Crippen LogP contribution >= 0.6 is 27.3 Å². The fourth-order valence-electron chi connectivity index (χ4n) is 1.47. The van der Waals surface area contributed by atoms with Crippen LogP contribution in [0.25, 0.3) is 0 Å². The summed E-state index contributed by atoms with van der Waals surface area (Å²) in [6, 6.07) is 1.89.